The van der Waals surface area contributed by atoms with Crippen molar-refractivity contribution in [2.75, 3.05) is 0 Å². The Hall–Kier alpha value is -3.14. The second-order valence-corrected chi connectivity index (χ2v) is 5.48. The highest BCUT2D eigenvalue weighted by atomic mass is 16.1. The average molecular weight is 301 g/mol. The van der Waals surface area contributed by atoms with Crippen molar-refractivity contribution in [2.24, 2.45) is 7.05 Å². The second-order valence-electron chi connectivity index (χ2n) is 5.48. The fourth-order valence-corrected chi connectivity index (χ4v) is 2.89. The number of benzene rings is 2. The molecular formula is C19H15N3O. The van der Waals surface area contributed by atoms with Crippen LogP contribution in [0.4, 0.5) is 0 Å². The van der Waals surface area contributed by atoms with E-state index >= 15 is 0 Å². The third-order valence-electron chi connectivity index (χ3n) is 3.99. The molecule has 0 fully saturated rings. The number of rotatable bonds is 2. The average Bonchev–Trinajstić information content (AvgIpc) is 3.06. The van der Waals surface area contributed by atoms with Crippen molar-refractivity contribution >= 4 is 5.65 Å². The maximum Gasteiger partial charge on any atom is 0.282 e. The molecule has 4 nitrogen and oxygen atoms in total. The highest BCUT2D eigenvalue weighted by Gasteiger charge is 2.14. The Labute approximate surface area is 133 Å². The lowest BCUT2D eigenvalue weighted by Gasteiger charge is -2.08. The summed E-state index contributed by atoms with van der Waals surface area (Å²) in [4.78, 5) is 12.8. The lowest BCUT2D eigenvalue weighted by molar-refractivity contribution is 0.828. The Morgan fingerprint density at radius 3 is 2.00 bits per heavy atom. The number of aromatic nitrogens is 3. The summed E-state index contributed by atoms with van der Waals surface area (Å²) in [6.07, 6.45) is 3.63. The molecule has 4 aromatic rings. The van der Waals surface area contributed by atoms with Gasteiger partial charge in [0.15, 0.2) is 0 Å². The normalized spacial score (nSPS) is 11.0. The smallest absolute Gasteiger partial charge is 0.282 e. The molecule has 0 bridgehead atoms. The van der Waals surface area contributed by atoms with E-state index < -0.39 is 0 Å². The summed E-state index contributed by atoms with van der Waals surface area (Å²) in [7, 11) is 1.94. The van der Waals surface area contributed by atoms with Gasteiger partial charge in [0.1, 0.15) is 5.65 Å². The molecule has 0 atom stereocenters. The molecule has 0 aliphatic heterocycles. The summed E-state index contributed by atoms with van der Waals surface area (Å²) >= 11 is 0. The van der Waals surface area contributed by atoms with Crippen molar-refractivity contribution in [1.29, 1.82) is 0 Å². The van der Waals surface area contributed by atoms with Crippen LogP contribution >= 0.6 is 0 Å². The van der Waals surface area contributed by atoms with Crippen LogP contribution in [0.15, 0.2) is 77.9 Å². The van der Waals surface area contributed by atoms with Crippen molar-refractivity contribution in [3.05, 3.63) is 83.4 Å². The topological polar surface area (TPSA) is 39.3 Å². The van der Waals surface area contributed by atoms with Crippen LogP contribution in [0.1, 0.15) is 0 Å². The Balaban J connectivity index is 2.01. The second kappa shape index (κ2) is 5.25. The zero-order chi connectivity index (χ0) is 15.8. The molecule has 4 heteroatoms. The van der Waals surface area contributed by atoms with Crippen LogP contribution in [0, 0.1) is 0 Å². The molecule has 2 heterocycles. The van der Waals surface area contributed by atoms with E-state index in [1.807, 2.05) is 78.5 Å². The van der Waals surface area contributed by atoms with Gasteiger partial charge in [-0.3, -0.25) is 4.79 Å². The summed E-state index contributed by atoms with van der Waals surface area (Å²) in [5.74, 6) is 0. The molecule has 4 rings (SSSR count). The highest BCUT2D eigenvalue weighted by molar-refractivity contribution is 5.78. The van der Waals surface area contributed by atoms with Crippen molar-refractivity contribution in [1.82, 2.24) is 14.2 Å². The lowest BCUT2D eigenvalue weighted by atomic mass is 10.1. The van der Waals surface area contributed by atoms with E-state index in [2.05, 4.69) is 5.10 Å². The first-order valence-corrected chi connectivity index (χ1v) is 7.44. The minimum absolute atomic E-state index is 0.105. The van der Waals surface area contributed by atoms with Crippen molar-refractivity contribution < 1.29 is 0 Å². The van der Waals surface area contributed by atoms with Gasteiger partial charge in [-0.25, -0.2) is 0 Å². The Bertz CT molecular complexity index is 1030. The van der Waals surface area contributed by atoms with Gasteiger partial charge >= 0.3 is 0 Å². The van der Waals surface area contributed by atoms with E-state index in [0.717, 1.165) is 22.3 Å². The number of aryl methyl sites for hydroxylation is 1. The van der Waals surface area contributed by atoms with Crippen LogP contribution in [0.2, 0.25) is 0 Å². The fourth-order valence-electron chi connectivity index (χ4n) is 2.89. The third-order valence-corrected chi connectivity index (χ3v) is 3.99. The lowest BCUT2D eigenvalue weighted by Crippen LogP contribution is -2.19. The Morgan fingerprint density at radius 2 is 1.39 bits per heavy atom. The van der Waals surface area contributed by atoms with E-state index in [9.17, 15) is 4.79 Å². The molecule has 0 N–H and O–H groups in total. The fraction of sp³-hybridized carbons (Fsp3) is 0.0526. The van der Waals surface area contributed by atoms with Crippen molar-refractivity contribution in [3.8, 4) is 22.3 Å². The summed E-state index contributed by atoms with van der Waals surface area (Å²) in [6, 6.07) is 19.6. The quantitative estimate of drug-likeness (QED) is 0.569. The van der Waals surface area contributed by atoms with E-state index in [0.29, 0.717) is 5.56 Å². The Morgan fingerprint density at radius 1 is 0.826 bits per heavy atom. The molecular weight excluding hydrogens is 286 g/mol. The molecule has 0 aliphatic carbocycles. The van der Waals surface area contributed by atoms with E-state index in [1.165, 1.54) is 4.52 Å². The van der Waals surface area contributed by atoms with E-state index in [4.69, 9.17) is 0 Å². The summed E-state index contributed by atoms with van der Waals surface area (Å²) in [5, 5.41) is 4.32. The van der Waals surface area contributed by atoms with Gasteiger partial charge in [0, 0.05) is 18.8 Å². The summed E-state index contributed by atoms with van der Waals surface area (Å²) in [6.45, 7) is 0. The minimum Gasteiger partial charge on any atom is -0.335 e. The molecule has 2 aromatic heterocycles. The predicted molar refractivity (Wildman–Crippen MR) is 91.3 cm³/mol. The van der Waals surface area contributed by atoms with Crippen molar-refractivity contribution in [3.63, 3.8) is 0 Å². The van der Waals surface area contributed by atoms with Crippen LogP contribution in [-0.2, 0) is 7.05 Å². The summed E-state index contributed by atoms with van der Waals surface area (Å²) in [5.41, 5.74) is 4.22. The summed E-state index contributed by atoms with van der Waals surface area (Å²) < 4.78 is 3.43. The molecule has 0 saturated heterocycles. The van der Waals surface area contributed by atoms with Crippen LogP contribution in [0.3, 0.4) is 0 Å². The van der Waals surface area contributed by atoms with Gasteiger partial charge in [0.2, 0.25) is 0 Å². The minimum atomic E-state index is -0.105. The van der Waals surface area contributed by atoms with Crippen LogP contribution < -0.4 is 5.56 Å². The highest BCUT2D eigenvalue weighted by Crippen LogP contribution is 2.24. The molecule has 112 valence electrons. The molecule has 0 spiro atoms. The molecule has 0 amide bonds. The zero-order valence-corrected chi connectivity index (χ0v) is 12.7. The monoisotopic (exact) mass is 301 g/mol. The third kappa shape index (κ3) is 2.16. The number of nitrogens with zero attached hydrogens (tertiary/aromatic N) is 3. The van der Waals surface area contributed by atoms with E-state index in [1.54, 1.807) is 6.20 Å². The van der Waals surface area contributed by atoms with Gasteiger partial charge < -0.3 is 4.57 Å². The first-order chi connectivity index (χ1) is 11.3. The van der Waals surface area contributed by atoms with E-state index in [-0.39, 0.29) is 5.56 Å². The van der Waals surface area contributed by atoms with Gasteiger partial charge in [-0.1, -0.05) is 60.7 Å². The maximum absolute atomic E-state index is 12.8. The predicted octanol–water partition coefficient (Wildman–Crippen LogP) is 3.37. The Kier molecular flexibility index (Phi) is 3.08. The van der Waals surface area contributed by atoms with Crippen molar-refractivity contribution in [2.45, 2.75) is 0 Å². The van der Waals surface area contributed by atoms with Gasteiger partial charge in [0.25, 0.3) is 5.56 Å². The molecule has 0 saturated carbocycles. The van der Waals surface area contributed by atoms with Crippen LogP contribution in [0.25, 0.3) is 27.9 Å². The molecule has 0 aliphatic rings. The van der Waals surface area contributed by atoms with Gasteiger partial charge in [-0.05, 0) is 11.1 Å². The SMILES string of the molecule is Cn1cc(-c2ccccc2)c(=O)n2ncc(-c3ccccc3)c12. The molecule has 0 radical (unpaired) electrons. The van der Waals surface area contributed by atoms with Gasteiger partial charge in [-0.15, -0.1) is 0 Å². The van der Waals surface area contributed by atoms with Gasteiger partial charge in [-0.2, -0.15) is 9.61 Å². The largest absolute Gasteiger partial charge is 0.335 e. The molecule has 2 aromatic carbocycles. The number of fused-ring (bicyclic) bond motifs is 1. The van der Waals surface area contributed by atoms with Gasteiger partial charge in [0.05, 0.1) is 11.8 Å². The maximum atomic E-state index is 12.8. The zero-order valence-electron chi connectivity index (χ0n) is 12.7. The first kappa shape index (κ1) is 13.5. The molecule has 0 unspecified atom stereocenters. The van der Waals surface area contributed by atoms with Crippen LogP contribution in [0.5, 0.6) is 0 Å². The number of hydrogen-bond acceptors (Lipinski definition) is 2. The first-order valence-electron chi connectivity index (χ1n) is 7.44. The number of hydrogen-bond donors (Lipinski definition) is 0. The van der Waals surface area contributed by atoms with Crippen LogP contribution in [-0.4, -0.2) is 14.2 Å². The molecule has 23 heavy (non-hydrogen) atoms. The standard InChI is InChI=1S/C19H15N3O/c1-21-13-17(15-10-6-3-7-11-15)19(23)22-18(21)16(12-20-22)14-8-4-2-5-9-14/h2-13H,1H3.